The van der Waals surface area contributed by atoms with Crippen LogP contribution in [0.25, 0.3) is 5.69 Å². The van der Waals surface area contributed by atoms with Crippen LogP contribution < -0.4 is 5.32 Å². The molecular formula is C15H11BrN4O. The van der Waals surface area contributed by atoms with E-state index in [1.54, 1.807) is 35.3 Å². The lowest BCUT2D eigenvalue weighted by Crippen LogP contribution is -2.13. The molecule has 0 fully saturated rings. The highest BCUT2D eigenvalue weighted by atomic mass is 79.9. The summed E-state index contributed by atoms with van der Waals surface area (Å²) in [5.41, 5.74) is 1.38. The van der Waals surface area contributed by atoms with Gasteiger partial charge >= 0.3 is 0 Å². The fourth-order valence-electron chi connectivity index (χ4n) is 1.85. The highest BCUT2D eigenvalue weighted by Gasteiger charge is 2.08. The Bertz CT molecular complexity index is 754. The molecule has 1 aromatic carbocycles. The topological polar surface area (TPSA) is 59.8 Å². The van der Waals surface area contributed by atoms with E-state index >= 15 is 0 Å². The molecule has 0 bridgehead atoms. The number of amides is 1. The molecule has 0 aliphatic heterocycles. The quantitative estimate of drug-likeness (QED) is 0.794. The first-order valence-corrected chi connectivity index (χ1v) is 7.05. The molecule has 2 aromatic heterocycles. The summed E-state index contributed by atoms with van der Waals surface area (Å²) in [5, 5.41) is 6.91. The third-order valence-electron chi connectivity index (χ3n) is 2.85. The van der Waals surface area contributed by atoms with Gasteiger partial charge in [0.05, 0.1) is 5.69 Å². The van der Waals surface area contributed by atoms with Crippen LogP contribution in [0.4, 0.5) is 5.82 Å². The zero-order valence-electron chi connectivity index (χ0n) is 10.9. The van der Waals surface area contributed by atoms with Crippen molar-refractivity contribution in [3.8, 4) is 5.69 Å². The van der Waals surface area contributed by atoms with Gasteiger partial charge in [0.15, 0.2) is 0 Å². The number of hydrogen-bond acceptors (Lipinski definition) is 3. The molecule has 0 spiro atoms. The first-order valence-electron chi connectivity index (χ1n) is 6.25. The van der Waals surface area contributed by atoms with Gasteiger partial charge in [0.25, 0.3) is 5.91 Å². The first kappa shape index (κ1) is 13.5. The summed E-state index contributed by atoms with van der Waals surface area (Å²) in [6.07, 6.45) is 5.15. The Morgan fingerprint density at radius 1 is 1.19 bits per heavy atom. The summed E-state index contributed by atoms with van der Waals surface area (Å²) in [6, 6.07) is 12.6. The molecule has 1 amide bonds. The number of nitrogens with zero attached hydrogens (tertiary/aromatic N) is 3. The van der Waals surface area contributed by atoms with Crippen LogP contribution in [-0.4, -0.2) is 20.7 Å². The van der Waals surface area contributed by atoms with Gasteiger partial charge in [0, 0.05) is 28.6 Å². The number of aromatic nitrogens is 3. The van der Waals surface area contributed by atoms with E-state index in [2.05, 4.69) is 31.3 Å². The molecule has 0 unspecified atom stereocenters. The minimum Gasteiger partial charge on any atom is -0.307 e. The summed E-state index contributed by atoms with van der Waals surface area (Å²) in [4.78, 5) is 16.3. The van der Waals surface area contributed by atoms with E-state index in [4.69, 9.17) is 0 Å². The molecule has 21 heavy (non-hydrogen) atoms. The van der Waals surface area contributed by atoms with Gasteiger partial charge in [0.1, 0.15) is 5.82 Å². The number of pyridine rings is 1. The zero-order valence-corrected chi connectivity index (χ0v) is 12.5. The first-order chi connectivity index (χ1) is 10.2. The summed E-state index contributed by atoms with van der Waals surface area (Å²) < 4.78 is 2.57. The van der Waals surface area contributed by atoms with E-state index in [1.165, 1.54) is 0 Å². The predicted octanol–water partition coefficient (Wildman–Crippen LogP) is 3.28. The Morgan fingerprint density at radius 3 is 2.81 bits per heavy atom. The second-order valence-electron chi connectivity index (χ2n) is 4.32. The lowest BCUT2D eigenvalue weighted by atomic mass is 10.2. The third kappa shape index (κ3) is 3.17. The number of benzene rings is 1. The molecule has 0 atom stereocenters. The van der Waals surface area contributed by atoms with Gasteiger partial charge in [-0.15, -0.1) is 0 Å². The van der Waals surface area contributed by atoms with E-state index in [1.807, 2.05) is 30.5 Å². The van der Waals surface area contributed by atoms with Gasteiger partial charge in [-0.1, -0.05) is 6.07 Å². The smallest absolute Gasteiger partial charge is 0.256 e. The average molecular weight is 343 g/mol. The predicted molar refractivity (Wildman–Crippen MR) is 83.5 cm³/mol. The number of carbonyl (C=O) groups excluding carboxylic acids is 1. The summed E-state index contributed by atoms with van der Waals surface area (Å²) >= 11 is 3.30. The van der Waals surface area contributed by atoms with Crippen LogP contribution in [0.3, 0.4) is 0 Å². The number of halogens is 1. The van der Waals surface area contributed by atoms with Crippen LogP contribution in [-0.2, 0) is 0 Å². The maximum atomic E-state index is 12.2. The number of hydrogen-bond donors (Lipinski definition) is 1. The van der Waals surface area contributed by atoms with Crippen molar-refractivity contribution in [1.29, 1.82) is 0 Å². The van der Waals surface area contributed by atoms with E-state index in [9.17, 15) is 4.79 Å². The molecule has 3 rings (SSSR count). The van der Waals surface area contributed by atoms with E-state index in [0.29, 0.717) is 11.4 Å². The number of anilines is 1. The molecule has 1 N–H and O–H groups in total. The molecule has 0 radical (unpaired) electrons. The van der Waals surface area contributed by atoms with Gasteiger partial charge in [0.2, 0.25) is 0 Å². The fourth-order valence-corrected chi connectivity index (χ4v) is 2.08. The Morgan fingerprint density at radius 2 is 2.10 bits per heavy atom. The zero-order chi connectivity index (χ0) is 14.7. The Kier molecular flexibility index (Phi) is 3.79. The van der Waals surface area contributed by atoms with Crippen molar-refractivity contribution in [2.75, 3.05) is 5.32 Å². The lowest BCUT2D eigenvalue weighted by molar-refractivity contribution is 0.102. The van der Waals surface area contributed by atoms with Gasteiger partial charge < -0.3 is 5.32 Å². The standard InChI is InChI=1S/C15H11BrN4O/c16-12-5-6-14(17-10-12)19-15(21)11-3-1-4-13(9-11)20-8-2-7-18-20/h1-10H,(H,17,19,21). The van der Waals surface area contributed by atoms with E-state index in [0.717, 1.165) is 10.2 Å². The third-order valence-corrected chi connectivity index (χ3v) is 3.32. The molecule has 0 aliphatic rings. The molecular weight excluding hydrogens is 332 g/mol. The van der Waals surface area contributed by atoms with Gasteiger partial charge in [-0.2, -0.15) is 5.10 Å². The summed E-state index contributed by atoms with van der Waals surface area (Å²) in [6.45, 7) is 0. The number of nitrogens with one attached hydrogen (secondary N) is 1. The Balaban J connectivity index is 1.81. The molecule has 5 nitrogen and oxygen atoms in total. The van der Waals surface area contributed by atoms with Gasteiger partial charge in [-0.3, -0.25) is 4.79 Å². The lowest BCUT2D eigenvalue weighted by Gasteiger charge is -2.06. The molecule has 2 heterocycles. The van der Waals surface area contributed by atoms with Crippen molar-refractivity contribution in [2.24, 2.45) is 0 Å². The van der Waals surface area contributed by atoms with Crippen molar-refractivity contribution in [3.05, 3.63) is 71.1 Å². The summed E-state index contributed by atoms with van der Waals surface area (Å²) in [7, 11) is 0. The van der Waals surface area contributed by atoms with Crippen LogP contribution in [0.5, 0.6) is 0 Å². The molecule has 6 heteroatoms. The molecule has 0 aliphatic carbocycles. The van der Waals surface area contributed by atoms with Gasteiger partial charge in [-0.05, 0) is 52.3 Å². The Hall–Kier alpha value is -2.47. The van der Waals surface area contributed by atoms with Crippen LogP contribution in [0.1, 0.15) is 10.4 Å². The van der Waals surface area contributed by atoms with E-state index < -0.39 is 0 Å². The van der Waals surface area contributed by atoms with Crippen molar-refractivity contribution in [2.45, 2.75) is 0 Å². The highest BCUT2D eigenvalue weighted by Crippen LogP contribution is 2.13. The van der Waals surface area contributed by atoms with Crippen LogP contribution in [0.15, 0.2) is 65.5 Å². The molecule has 104 valence electrons. The minimum absolute atomic E-state index is 0.209. The van der Waals surface area contributed by atoms with Crippen LogP contribution in [0.2, 0.25) is 0 Å². The molecule has 0 saturated heterocycles. The minimum atomic E-state index is -0.209. The molecule has 0 saturated carbocycles. The normalized spacial score (nSPS) is 10.3. The SMILES string of the molecule is O=C(Nc1ccc(Br)cn1)c1cccc(-n2cccn2)c1. The molecule has 3 aromatic rings. The second kappa shape index (κ2) is 5.88. The van der Waals surface area contributed by atoms with Crippen molar-refractivity contribution in [1.82, 2.24) is 14.8 Å². The van der Waals surface area contributed by atoms with Crippen molar-refractivity contribution >= 4 is 27.7 Å². The highest BCUT2D eigenvalue weighted by molar-refractivity contribution is 9.10. The maximum Gasteiger partial charge on any atom is 0.256 e. The van der Waals surface area contributed by atoms with Crippen molar-refractivity contribution in [3.63, 3.8) is 0 Å². The largest absolute Gasteiger partial charge is 0.307 e. The fraction of sp³-hybridized carbons (Fsp3) is 0. The average Bonchev–Trinajstić information content (AvgIpc) is 3.04. The number of rotatable bonds is 3. The summed E-state index contributed by atoms with van der Waals surface area (Å²) in [5.74, 6) is 0.298. The van der Waals surface area contributed by atoms with Crippen LogP contribution >= 0.6 is 15.9 Å². The van der Waals surface area contributed by atoms with Gasteiger partial charge in [-0.25, -0.2) is 9.67 Å². The second-order valence-corrected chi connectivity index (χ2v) is 5.23. The van der Waals surface area contributed by atoms with Crippen molar-refractivity contribution < 1.29 is 4.79 Å². The Labute approximate surface area is 129 Å². The van der Waals surface area contributed by atoms with E-state index in [-0.39, 0.29) is 5.91 Å². The van der Waals surface area contributed by atoms with Crippen LogP contribution in [0, 0.1) is 0 Å². The monoisotopic (exact) mass is 342 g/mol. The maximum absolute atomic E-state index is 12.2. The number of carbonyl (C=O) groups is 1.